The van der Waals surface area contributed by atoms with Crippen molar-refractivity contribution in [2.24, 2.45) is 22.5 Å². The number of carbonyl (C=O) groups excluding carboxylic acids is 1. The molecule has 2 atom stereocenters. The molecule has 1 aromatic carbocycles. The van der Waals surface area contributed by atoms with Gasteiger partial charge in [-0.05, 0) is 35.4 Å². The molecule has 1 heterocycles. The van der Waals surface area contributed by atoms with Gasteiger partial charge in [-0.25, -0.2) is 0 Å². The van der Waals surface area contributed by atoms with Gasteiger partial charge in [0, 0.05) is 19.6 Å². The lowest BCUT2D eigenvalue weighted by Crippen LogP contribution is -2.59. The predicted octanol–water partition coefficient (Wildman–Crippen LogP) is 3.04. The zero-order valence-electron chi connectivity index (χ0n) is 13.3. The van der Waals surface area contributed by atoms with Gasteiger partial charge in [0.1, 0.15) is 0 Å². The first kappa shape index (κ1) is 16.3. The molecule has 1 aromatic rings. The van der Waals surface area contributed by atoms with E-state index in [2.05, 4.69) is 18.7 Å². The molecule has 0 radical (unpaired) electrons. The molecule has 1 aliphatic heterocycles. The second-order valence-corrected chi connectivity index (χ2v) is 7.60. The van der Waals surface area contributed by atoms with E-state index < -0.39 is 17.2 Å². The first-order chi connectivity index (χ1) is 10.5. The van der Waals surface area contributed by atoms with Crippen LogP contribution < -0.4 is 5.73 Å². The number of hydrogen-bond acceptors (Lipinski definition) is 2. The van der Waals surface area contributed by atoms with Crippen LogP contribution in [0.15, 0.2) is 24.3 Å². The van der Waals surface area contributed by atoms with Gasteiger partial charge in [0.25, 0.3) is 0 Å². The SMILES string of the molecule is CC1(C)C[C@]2(C(N)=O)CN(Cc3ccc(C(F)(F)F)cc3)C[C@H]12. The molecule has 3 rings (SSSR count). The van der Waals surface area contributed by atoms with E-state index in [4.69, 9.17) is 5.73 Å². The minimum atomic E-state index is -4.31. The van der Waals surface area contributed by atoms with Gasteiger partial charge in [-0.3, -0.25) is 9.69 Å². The fraction of sp³-hybridized carbons (Fsp3) is 0.588. The van der Waals surface area contributed by atoms with Gasteiger partial charge in [-0.2, -0.15) is 13.2 Å². The number of alkyl halides is 3. The predicted molar refractivity (Wildman–Crippen MR) is 80.2 cm³/mol. The number of nitrogens with zero attached hydrogens (tertiary/aromatic N) is 1. The number of amides is 1. The molecule has 0 unspecified atom stereocenters. The van der Waals surface area contributed by atoms with Crippen molar-refractivity contribution >= 4 is 5.91 Å². The highest BCUT2D eigenvalue weighted by molar-refractivity contribution is 5.83. The van der Waals surface area contributed by atoms with Crippen LogP contribution in [0.2, 0.25) is 0 Å². The van der Waals surface area contributed by atoms with Crippen molar-refractivity contribution in [3.05, 3.63) is 35.4 Å². The summed E-state index contributed by atoms with van der Waals surface area (Å²) in [7, 11) is 0. The van der Waals surface area contributed by atoms with Crippen molar-refractivity contribution in [3.8, 4) is 0 Å². The van der Waals surface area contributed by atoms with Crippen LogP contribution in [0, 0.1) is 16.7 Å². The molecule has 6 heteroatoms. The Morgan fingerprint density at radius 3 is 2.35 bits per heavy atom. The number of fused-ring (bicyclic) bond motifs is 1. The molecule has 2 aliphatic rings. The molecule has 0 bridgehead atoms. The topological polar surface area (TPSA) is 46.3 Å². The van der Waals surface area contributed by atoms with Crippen LogP contribution in [0.3, 0.4) is 0 Å². The fourth-order valence-electron chi connectivity index (χ4n) is 4.50. The first-order valence-corrected chi connectivity index (χ1v) is 7.73. The smallest absolute Gasteiger partial charge is 0.369 e. The summed E-state index contributed by atoms with van der Waals surface area (Å²) in [5.41, 5.74) is 5.43. The third-order valence-electron chi connectivity index (χ3n) is 5.51. The van der Waals surface area contributed by atoms with Crippen LogP contribution in [0.25, 0.3) is 0 Å². The quantitative estimate of drug-likeness (QED) is 0.928. The number of halogens is 3. The Labute approximate surface area is 133 Å². The maximum absolute atomic E-state index is 12.6. The highest BCUT2D eigenvalue weighted by Crippen LogP contribution is 2.62. The minimum Gasteiger partial charge on any atom is -0.369 e. The Kier molecular flexibility index (Phi) is 3.52. The summed E-state index contributed by atoms with van der Waals surface area (Å²) in [6.07, 6.45) is -3.53. The van der Waals surface area contributed by atoms with E-state index in [0.717, 1.165) is 30.7 Å². The lowest BCUT2D eigenvalue weighted by Gasteiger charge is -2.54. The highest BCUT2D eigenvalue weighted by atomic mass is 19.4. The van der Waals surface area contributed by atoms with Gasteiger partial charge >= 0.3 is 6.18 Å². The van der Waals surface area contributed by atoms with E-state index in [0.29, 0.717) is 13.1 Å². The number of carbonyl (C=O) groups is 1. The summed E-state index contributed by atoms with van der Waals surface area (Å²) >= 11 is 0. The molecule has 3 nitrogen and oxygen atoms in total. The van der Waals surface area contributed by atoms with E-state index in [9.17, 15) is 18.0 Å². The summed E-state index contributed by atoms with van der Waals surface area (Å²) in [6.45, 7) is 6.18. The Hall–Kier alpha value is -1.56. The number of rotatable bonds is 3. The average Bonchev–Trinajstić information content (AvgIpc) is 2.74. The lowest BCUT2D eigenvalue weighted by molar-refractivity contribution is -0.148. The number of likely N-dealkylation sites (tertiary alicyclic amines) is 1. The molecule has 1 saturated carbocycles. The zero-order valence-corrected chi connectivity index (χ0v) is 13.3. The largest absolute Gasteiger partial charge is 0.416 e. The summed E-state index contributed by atoms with van der Waals surface area (Å²) in [6, 6.07) is 5.22. The maximum atomic E-state index is 12.6. The van der Waals surface area contributed by atoms with Crippen molar-refractivity contribution in [2.45, 2.75) is 33.0 Å². The van der Waals surface area contributed by atoms with Gasteiger partial charge in [-0.1, -0.05) is 26.0 Å². The van der Waals surface area contributed by atoms with E-state index in [1.807, 2.05) is 0 Å². The molecule has 2 fully saturated rings. The molecule has 23 heavy (non-hydrogen) atoms. The third-order valence-corrected chi connectivity index (χ3v) is 5.51. The zero-order chi connectivity index (χ0) is 17.0. The number of primary amides is 1. The van der Waals surface area contributed by atoms with Gasteiger partial charge in [0.2, 0.25) is 5.91 Å². The lowest BCUT2D eigenvalue weighted by atomic mass is 9.48. The summed E-state index contributed by atoms with van der Waals surface area (Å²) in [5.74, 6) is -0.0290. The Bertz CT molecular complexity index is 624. The minimum absolute atomic E-state index is 0.0872. The Morgan fingerprint density at radius 1 is 1.30 bits per heavy atom. The Morgan fingerprint density at radius 2 is 1.91 bits per heavy atom. The fourth-order valence-corrected chi connectivity index (χ4v) is 4.50. The van der Waals surface area contributed by atoms with Crippen LogP contribution in [-0.2, 0) is 17.5 Å². The van der Waals surface area contributed by atoms with Crippen LogP contribution in [0.1, 0.15) is 31.4 Å². The number of nitrogens with two attached hydrogens (primary N) is 1. The van der Waals surface area contributed by atoms with Crippen molar-refractivity contribution < 1.29 is 18.0 Å². The van der Waals surface area contributed by atoms with Gasteiger partial charge in [0.15, 0.2) is 0 Å². The second kappa shape index (κ2) is 4.97. The van der Waals surface area contributed by atoms with Crippen LogP contribution in [0.4, 0.5) is 13.2 Å². The average molecular weight is 326 g/mol. The van der Waals surface area contributed by atoms with Crippen molar-refractivity contribution in [3.63, 3.8) is 0 Å². The van der Waals surface area contributed by atoms with E-state index >= 15 is 0 Å². The summed E-state index contributed by atoms with van der Waals surface area (Å²) in [4.78, 5) is 14.0. The maximum Gasteiger partial charge on any atom is 0.416 e. The highest BCUT2D eigenvalue weighted by Gasteiger charge is 2.65. The monoisotopic (exact) mass is 326 g/mol. The van der Waals surface area contributed by atoms with E-state index in [1.165, 1.54) is 12.1 Å². The van der Waals surface area contributed by atoms with Crippen molar-refractivity contribution in [2.75, 3.05) is 13.1 Å². The number of benzene rings is 1. The first-order valence-electron chi connectivity index (χ1n) is 7.73. The van der Waals surface area contributed by atoms with Crippen LogP contribution in [0.5, 0.6) is 0 Å². The molecular weight excluding hydrogens is 305 g/mol. The second-order valence-electron chi connectivity index (χ2n) is 7.60. The summed E-state index contributed by atoms with van der Waals surface area (Å²) < 4.78 is 37.8. The molecule has 0 aromatic heterocycles. The molecule has 0 spiro atoms. The standard InChI is InChI=1S/C17H21F3N2O/c1-15(2)9-16(14(21)23)10-22(8-13(15)16)7-11-3-5-12(6-4-11)17(18,19)20/h3-6,13H,7-10H2,1-2H3,(H2,21,23)/t13-,16+/m1/s1. The van der Waals surface area contributed by atoms with Gasteiger partial charge in [0.05, 0.1) is 11.0 Å². The van der Waals surface area contributed by atoms with E-state index in [1.54, 1.807) is 0 Å². The molecule has 2 N–H and O–H groups in total. The van der Waals surface area contributed by atoms with E-state index in [-0.39, 0.29) is 17.2 Å². The van der Waals surface area contributed by atoms with Crippen LogP contribution in [-0.4, -0.2) is 23.9 Å². The molecule has 1 amide bonds. The molecule has 1 aliphatic carbocycles. The van der Waals surface area contributed by atoms with Crippen molar-refractivity contribution in [1.82, 2.24) is 4.90 Å². The molecule has 1 saturated heterocycles. The molecule has 126 valence electrons. The summed E-state index contributed by atoms with van der Waals surface area (Å²) in [5, 5.41) is 0. The molecular formula is C17H21F3N2O. The number of hydrogen-bond donors (Lipinski definition) is 1. The van der Waals surface area contributed by atoms with Crippen molar-refractivity contribution in [1.29, 1.82) is 0 Å². The van der Waals surface area contributed by atoms with Gasteiger partial charge < -0.3 is 5.73 Å². The Balaban J connectivity index is 1.72. The normalized spacial score (nSPS) is 29.9. The van der Waals surface area contributed by atoms with Gasteiger partial charge in [-0.15, -0.1) is 0 Å². The third kappa shape index (κ3) is 2.63. The van der Waals surface area contributed by atoms with Crippen LogP contribution >= 0.6 is 0 Å².